The third-order valence-electron chi connectivity index (χ3n) is 2.69. The lowest BCUT2D eigenvalue weighted by atomic mass is 10.1. The summed E-state index contributed by atoms with van der Waals surface area (Å²) in [5.41, 5.74) is 0. The van der Waals surface area contributed by atoms with Gasteiger partial charge in [0.15, 0.2) is 0 Å². The molecule has 0 unspecified atom stereocenters. The Kier molecular flexibility index (Phi) is 5.80. The zero-order chi connectivity index (χ0) is 10.5. The van der Waals surface area contributed by atoms with Crippen LogP contribution in [0.5, 0.6) is 0 Å². The van der Waals surface area contributed by atoms with E-state index < -0.39 is 0 Å². The second kappa shape index (κ2) is 6.89. The van der Waals surface area contributed by atoms with E-state index in [0.717, 1.165) is 24.4 Å². The largest absolute Gasteiger partial charge is 0.351 e. The van der Waals surface area contributed by atoms with E-state index in [2.05, 4.69) is 10.6 Å². The Balaban J connectivity index is 0.00000128. The van der Waals surface area contributed by atoms with Crippen LogP contribution in [0.15, 0.2) is 17.5 Å². The number of rotatable bonds is 4. The summed E-state index contributed by atoms with van der Waals surface area (Å²) in [5, 5.41) is 8.28. The molecule has 0 bridgehead atoms. The number of carbonyl (C=O) groups is 1. The summed E-state index contributed by atoms with van der Waals surface area (Å²) in [5.74, 6) is 0.0583. The minimum atomic E-state index is 0. The monoisotopic (exact) mass is 260 g/mol. The molecular weight excluding hydrogens is 244 g/mol. The van der Waals surface area contributed by atoms with Crippen LogP contribution < -0.4 is 10.6 Å². The van der Waals surface area contributed by atoms with Crippen molar-refractivity contribution in [2.75, 3.05) is 13.1 Å². The van der Waals surface area contributed by atoms with Crippen molar-refractivity contribution in [3.63, 3.8) is 0 Å². The van der Waals surface area contributed by atoms with Crippen molar-refractivity contribution < 1.29 is 4.79 Å². The molecule has 1 atom stereocenters. The summed E-state index contributed by atoms with van der Waals surface area (Å²) in [6.45, 7) is 1.90. The van der Waals surface area contributed by atoms with Crippen LogP contribution in [0.25, 0.3) is 0 Å². The van der Waals surface area contributed by atoms with Crippen LogP contribution in [0.2, 0.25) is 0 Å². The molecule has 1 fully saturated rings. The summed E-state index contributed by atoms with van der Waals surface area (Å²) in [7, 11) is 0. The zero-order valence-corrected chi connectivity index (χ0v) is 10.7. The lowest BCUT2D eigenvalue weighted by Crippen LogP contribution is -2.30. The number of hydrogen-bond donors (Lipinski definition) is 2. The smallest absolute Gasteiger partial charge is 0.261 e. The lowest BCUT2D eigenvalue weighted by molar-refractivity contribution is 0.0956. The molecular formula is C11H17ClN2OS. The molecule has 0 saturated carbocycles. The van der Waals surface area contributed by atoms with E-state index in [-0.39, 0.29) is 18.3 Å². The van der Waals surface area contributed by atoms with Crippen LogP contribution in [0, 0.1) is 0 Å². The molecule has 1 amide bonds. The van der Waals surface area contributed by atoms with E-state index in [1.807, 2.05) is 17.5 Å². The predicted molar refractivity (Wildman–Crippen MR) is 69.5 cm³/mol. The fourth-order valence-corrected chi connectivity index (χ4v) is 2.50. The normalized spacial score (nSPS) is 19.1. The maximum Gasteiger partial charge on any atom is 0.261 e. The molecule has 1 aliphatic heterocycles. The van der Waals surface area contributed by atoms with Crippen LogP contribution >= 0.6 is 23.7 Å². The highest BCUT2D eigenvalue weighted by atomic mass is 35.5. The first-order valence-electron chi connectivity index (χ1n) is 5.41. The number of amides is 1. The highest BCUT2D eigenvalue weighted by molar-refractivity contribution is 7.12. The molecule has 2 rings (SSSR count). The third kappa shape index (κ3) is 3.77. The van der Waals surface area contributed by atoms with Crippen molar-refractivity contribution in [1.82, 2.24) is 10.6 Å². The Morgan fingerprint density at radius 3 is 3.12 bits per heavy atom. The first kappa shape index (κ1) is 13.5. The molecule has 2 heterocycles. The van der Waals surface area contributed by atoms with Crippen LogP contribution in [-0.2, 0) is 0 Å². The topological polar surface area (TPSA) is 41.1 Å². The van der Waals surface area contributed by atoms with Gasteiger partial charge in [-0.15, -0.1) is 23.7 Å². The lowest BCUT2D eigenvalue weighted by Gasteiger charge is -2.09. The van der Waals surface area contributed by atoms with Gasteiger partial charge in [-0.25, -0.2) is 0 Å². The van der Waals surface area contributed by atoms with E-state index in [9.17, 15) is 4.79 Å². The average molecular weight is 261 g/mol. The summed E-state index contributed by atoms with van der Waals surface area (Å²) in [6.07, 6.45) is 3.55. The minimum absolute atomic E-state index is 0. The van der Waals surface area contributed by atoms with Crippen LogP contribution in [0.1, 0.15) is 28.9 Å². The van der Waals surface area contributed by atoms with Gasteiger partial charge in [-0.2, -0.15) is 0 Å². The molecule has 0 aromatic carbocycles. The SMILES string of the molecule is Cl.O=C(NCC[C@H]1CCCN1)c1cccs1. The first-order valence-corrected chi connectivity index (χ1v) is 6.29. The summed E-state index contributed by atoms with van der Waals surface area (Å²) < 4.78 is 0. The van der Waals surface area contributed by atoms with Crippen LogP contribution in [-0.4, -0.2) is 25.0 Å². The summed E-state index contributed by atoms with van der Waals surface area (Å²) >= 11 is 1.49. The van der Waals surface area contributed by atoms with Gasteiger partial charge in [0.05, 0.1) is 4.88 Å². The Morgan fingerprint density at radius 1 is 1.62 bits per heavy atom. The average Bonchev–Trinajstić information content (AvgIpc) is 2.90. The van der Waals surface area contributed by atoms with Crippen molar-refractivity contribution in [1.29, 1.82) is 0 Å². The highest BCUT2D eigenvalue weighted by Gasteiger charge is 2.13. The molecule has 90 valence electrons. The molecule has 0 spiro atoms. The van der Waals surface area contributed by atoms with Crippen molar-refractivity contribution >= 4 is 29.7 Å². The van der Waals surface area contributed by atoms with Gasteiger partial charge in [-0.05, 0) is 37.3 Å². The molecule has 5 heteroatoms. The molecule has 1 saturated heterocycles. The number of thiophene rings is 1. The van der Waals surface area contributed by atoms with Crippen LogP contribution in [0.4, 0.5) is 0 Å². The maximum atomic E-state index is 11.6. The Labute approximate surface area is 106 Å². The zero-order valence-electron chi connectivity index (χ0n) is 9.07. The predicted octanol–water partition coefficient (Wildman–Crippen LogP) is 2.04. The van der Waals surface area contributed by atoms with Crippen molar-refractivity contribution in [2.24, 2.45) is 0 Å². The maximum absolute atomic E-state index is 11.6. The molecule has 0 aliphatic carbocycles. The van der Waals surface area contributed by atoms with E-state index in [0.29, 0.717) is 6.04 Å². The van der Waals surface area contributed by atoms with Gasteiger partial charge in [0, 0.05) is 12.6 Å². The number of hydrogen-bond acceptors (Lipinski definition) is 3. The Hall–Kier alpha value is -0.580. The summed E-state index contributed by atoms with van der Waals surface area (Å²) in [6, 6.07) is 4.36. The number of nitrogens with one attached hydrogen (secondary N) is 2. The summed E-state index contributed by atoms with van der Waals surface area (Å²) in [4.78, 5) is 12.4. The van der Waals surface area contributed by atoms with Crippen LogP contribution in [0.3, 0.4) is 0 Å². The van der Waals surface area contributed by atoms with Gasteiger partial charge < -0.3 is 10.6 Å². The molecule has 1 aliphatic rings. The molecule has 0 radical (unpaired) electrons. The van der Waals surface area contributed by atoms with E-state index in [4.69, 9.17) is 0 Å². The quantitative estimate of drug-likeness (QED) is 0.870. The van der Waals surface area contributed by atoms with Gasteiger partial charge in [-0.3, -0.25) is 4.79 Å². The fraction of sp³-hybridized carbons (Fsp3) is 0.545. The molecule has 1 aromatic rings. The molecule has 16 heavy (non-hydrogen) atoms. The standard InChI is InChI=1S/C11H16N2OS.ClH/c14-11(10-4-2-8-15-10)13-7-5-9-3-1-6-12-9;/h2,4,8-9,12H,1,3,5-7H2,(H,13,14);1H/t9-;/m1./s1. The highest BCUT2D eigenvalue weighted by Crippen LogP contribution is 2.09. The third-order valence-corrected chi connectivity index (χ3v) is 3.55. The number of halogens is 1. The minimum Gasteiger partial charge on any atom is -0.351 e. The Bertz CT molecular complexity index is 310. The van der Waals surface area contributed by atoms with Gasteiger partial charge in [0.1, 0.15) is 0 Å². The van der Waals surface area contributed by atoms with Gasteiger partial charge >= 0.3 is 0 Å². The van der Waals surface area contributed by atoms with E-state index >= 15 is 0 Å². The molecule has 2 N–H and O–H groups in total. The second-order valence-electron chi connectivity index (χ2n) is 3.82. The van der Waals surface area contributed by atoms with Crippen molar-refractivity contribution in [3.8, 4) is 0 Å². The second-order valence-corrected chi connectivity index (χ2v) is 4.76. The fourth-order valence-electron chi connectivity index (χ4n) is 1.86. The molecule has 1 aromatic heterocycles. The van der Waals surface area contributed by atoms with Gasteiger partial charge in [-0.1, -0.05) is 6.07 Å². The van der Waals surface area contributed by atoms with Gasteiger partial charge in [0.2, 0.25) is 0 Å². The van der Waals surface area contributed by atoms with Crippen molar-refractivity contribution in [3.05, 3.63) is 22.4 Å². The van der Waals surface area contributed by atoms with Gasteiger partial charge in [0.25, 0.3) is 5.91 Å². The first-order chi connectivity index (χ1) is 7.36. The van der Waals surface area contributed by atoms with Crippen molar-refractivity contribution in [2.45, 2.75) is 25.3 Å². The molecule has 3 nitrogen and oxygen atoms in total. The number of carbonyl (C=O) groups excluding carboxylic acids is 1. The van der Waals surface area contributed by atoms with E-state index in [1.165, 1.54) is 24.2 Å². The van der Waals surface area contributed by atoms with E-state index in [1.54, 1.807) is 0 Å². The Morgan fingerprint density at radius 2 is 2.50 bits per heavy atom.